The number of phenolic OH excluding ortho intramolecular Hbond substituents is 1. The number of aryl methyl sites for hydroxylation is 1. The van der Waals surface area contributed by atoms with Gasteiger partial charge in [-0.1, -0.05) is 6.07 Å². The highest BCUT2D eigenvalue weighted by atomic mass is 16.6. The number of benzene rings is 1. The Hall–Kier alpha value is -3.16. The van der Waals surface area contributed by atoms with Crippen LogP contribution in [-0.4, -0.2) is 34.0 Å². The molecule has 1 aromatic heterocycles. The number of carbonyl (C=O) groups is 1. The summed E-state index contributed by atoms with van der Waals surface area (Å²) in [6.45, 7) is 2.76. The van der Waals surface area contributed by atoms with Crippen LogP contribution in [0.5, 0.6) is 5.75 Å². The molecular formula is C16H18N4O4. The maximum absolute atomic E-state index is 11.9. The van der Waals surface area contributed by atoms with Gasteiger partial charge in [-0.2, -0.15) is 0 Å². The predicted octanol–water partition coefficient (Wildman–Crippen LogP) is 2.24. The van der Waals surface area contributed by atoms with E-state index in [1.54, 1.807) is 19.1 Å². The number of rotatable bonds is 7. The monoisotopic (exact) mass is 330 g/mol. The summed E-state index contributed by atoms with van der Waals surface area (Å²) in [7, 11) is 0. The standard InChI is InChI=1S/C16H18N4O4/c1-11-8-13(20(23)24)10-19-15(11)17-6-3-7-18-16(22)12-4-2-5-14(21)9-12/h2,4-5,8-10,21H,3,6-7H2,1H3,(H,17,19)(H,18,22). The smallest absolute Gasteiger partial charge is 0.287 e. The molecule has 126 valence electrons. The van der Waals surface area contributed by atoms with E-state index in [0.717, 1.165) is 0 Å². The highest BCUT2D eigenvalue weighted by Gasteiger charge is 2.09. The molecule has 0 unspecified atom stereocenters. The van der Waals surface area contributed by atoms with Crippen molar-refractivity contribution < 1.29 is 14.8 Å². The van der Waals surface area contributed by atoms with E-state index in [9.17, 15) is 20.0 Å². The zero-order chi connectivity index (χ0) is 17.5. The van der Waals surface area contributed by atoms with E-state index in [4.69, 9.17) is 0 Å². The lowest BCUT2D eigenvalue weighted by Gasteiger charge is -2.09. The highest BCUT2D eigenvalue weighted by molar-refractivity contribution is 5.94. The average molecular weight is 330 g/mol. The van der Waals surface area contributed by atoms with Gasteiger partial charge in [-0.15, -0.1) is 0 Å². The van der Waals surface area contributed by atoms with Gasteiger partial charge in [0, 0.05) is 24.7 Å². The third-order valence-corrected chi connectivity index (χ3v) is 3.31. The quantitative estimate of drug-likeness (QED) is 0.407. The number of hydrogen-bond donors (Lipinski definition) is 3. The van der Waals surface area contributed by atoms with Gasteiger partial charge in [-0.05, 0) is 37.1 Å². The van der Waals surface area contributed by atoms with Crippen molar-refractivity contribution in [1.29, 1.82) is 0 Å². The van der Waals surface area contributed by atoms with E-state index in [1.807, 2.05) is 0 Å². The number of carbonyl (C=O) groups excluding carboxylic acids is 1. The first-order valence-electron chi connectivity index (χ1n) is 7.39. The third kappa shape index (κ3) is 4.67. The number of aromatic hydroxyl groups is 1. The Balaban J connectivity index is 1.75. The first-order valence-corrected chi connectivity index (χ1v) is 7.39. The van der Waals surface area contributed by atoms with Gasteiger partial charge in [0.25, 0.3) is 11.6 Å². The molecule has 0 saturated carbocycles. The summed E-state index contributed by atoms with van der Waals surface area (Å²) in [4.78, 5) is 26.1. The maximum Gasteiger partial charge on any atom is 0.287 e. The average Bonchev–Trinajstić information content (AvgIpc) is 2.55. The Labute approximate surface area is 138 Å². The lowest BCUT2D eigenvalue weighted by molar-refractivity contribution is -0.385. The molecule has 8 heteroatoms. The Morgan fingerprint density at radius 1 is 1.33 bits per heavy atom. The van der Waals surface area contributed by atoms with Crippen LogP contribution in [0.25, 0.3) is 0 Å². The van der Waals surface area contributed by atoms with Gasteiger partial charge in [-0.3, -0.25) is 14.9 Å². The number of nitrogens with one attached hydrogen (secondary N) is 2. The molecule has 3 N–H and O–H groups in total. The summed E-state index contributed by atoms with van der Waals surface area (Å²) in [6, 6.07) is 7.59. The van der Waals surface area contributed by atoms with E-state index >= 15 is 0 Å². The SMILES string of the molecule is Cc1cc([N+](=O)[O-])cnc1NCCCNC(=O)c1cccc(O)c1. The minimum atomic E-state index is -0.485. The van der Waals surface area contributed by atoms with Crippen LogP contribution in [0.1, 0.15) is 22.3 Å². The van der Waals surface area contributed by atoms with E-state index in [2.05, 4.69) is 15.6 Å². The van der Waals surface area contributed by atoms with Gasteiger partial charge < -0.3 is 15.7 Å². The Morgan fingerprint density at radius 3 is 2.79 bits per heavy atom. The second kappa shape index (κ2) is 7.91. The van der Waals surface area contributed by atoms with Crippen molar-refractivity contribution in [2.75, 3.05) is 18.4 Å². The third-order valence-electron chi connectivity index (χ3n) is 3.31. The van der Waals surface area contributed by atoms with Crippen LogP contribution < -0.4 is 10.6 Å². The van der Waals surface area contributed by atoms with Crippen LogP contribution >= 0.6 is 0 Å². The number of aromatic nitrogens is 1. The summed E-state index contributed by atoms with van der Waals surface area (Å²) in [5, 5.41) is 25.8. The van der Waals surface area contributed by atoms with Crippen molar-refractivity contribution in [2.45, 2.75) is 13.3 Å². The summed E-state index contributed by atoms with van der Waals surface area (Å²) in [6.07, 6.45) is 1.86. The Morgan fingerprint density at radius 2 is 2.12 bits per heavy atom. The Kier molecular flexibility index (Phi) is 5.67. The summed E-state index contributed by atoms with van der Waals surface area (Å²) >= 11 is 0. The van der Waals surface area contributed by atoms with Crippen LogP contribution in [0, 0.1) is 17.0 Å². The van der Waals surface area contributed by atoms with Crippen LogP contribution in [0.15, 0.2) is 36.5 Å². The molecule has 0 aliphatic rings. The van der Waals surface area contributed by atoms with Gasteiger partial charge in [-0.25, -0.2) is 4.98 Å². The maximum atomic E-state index is 11.9. The van der Waals surface area contributed by atoms with Crippen LogP contribution in [-0.2, 0) is 0 Å². The summed E-state index contributed by atoms with van der Waals surface area (Å²) in [5.41, 5.74) is 1.04. The second-order valence-electron chi connectivity index (χ2n) is 5.20. The molecule has 0 fully saturated rings. The number of nitro groups is 1. The van der Waals surface area contributed by atoms with Crippen molar-refractivity contribution in [1.82, 2.24) is 10.3 Å². The van der Waals surface area contributed by atoms with Crippen LogP contribution in [0.3, 0.4) is 0 Å². The van der Waals surface area contributed by atoms with Gasteiger partial charge in [0.15, 0.2) is 0 Å². The molecule has 24 heavy (non-hydrogen) atoms. The highest BCUT2D eigenvalue weighted by Crippen LogP contribution is 2.17. The number of amides is 1. The topological polar surface area (TPSA) is 117 Å². The van der Waals surface area contributed by atoms with E-state index in [0.29, 0.717) is 36.5 Å². The largest absolute Gasteiger partial charge is 0.508 e. The molecule has 0 spiro atoms. The number of hydrogen-bond acceptors (Lipinski definition) is 6. The van der Waals surface area contributed by atoms with E-state index in [-0.39, 0.29) is 17.3 Å². The molecule has 0 aliphatic carbocycles. The van der Waals surface area contributed by atoms with Crippen LogP contribution in [0.2, 0.25) is 0 Å². The lowest BCUT2D eigenvalue weighted by atomic mass is 10.2. The zero-order valence-electron chi connectivity index (χ0n) is 13.2. The predicted molar refractivity (Wildman–Crippen MR) is 89.2 cm³/mol. The van der Waals surface area contributed by atoms with E-state index < -0.39 is 4.92 Å². The van der Waals surface area contributed by atoms with Gasteiger partial charge >= 0.3 is 0 Å². The van der Waals surface area contributed by atoms with Crippen LogP contribution in [0.4, 0.5) is 11.5 Å². The van der Waals surface area contributed by atoms with Gasteiger partial charge in [0.2, 0.25) is 0 Å². The summed E-state index contributed by atoms with van der Waals surface area (Å²) < 4.78 is 0. The van der Waals surface area contributed by atoms with Crippen molar-refractivity contribution in [2.24, 2.45) is 0 Å². The van der Waals surface area contributed by atoms with Crippen molar-refractivity contribution in [3.8, 4) is 5.75 Å². The number of anilines is 1. The molecule has 2 rings (SSSR count). The molecular weight excluding hydrogens is 312 g/mol. The Bertz CT molecular complexity index is 749. The minimum Gasteiger partial charge on any atom is -0.508 e. The first kappa shape index (κ1) is 17.2. The number of pyridine rings is 1. The molecule has 8 nitrogen and oxygen atoms in total. The van der Waals surface area contributed by atoms with Gasteiger partial charge in [0.1, 0.15) is 17.8 Å². The van der Waals surface area contributed by atoms with Gasteiger partial charge in [0.05, 0.1) is 4.92 Å². The zero-order valence-corrected chi connectivity index (χ0v) is 13.2. The summed E-state index contributed by atoms with van der Waals surface area (Å²) in [5.74, 6) is 0.375. The first-order chi connectivity index (χ1) is 11.5. The molecule has 2 aromatic rings. The molecule has 0 saturated heterocycles. The number of phenols is 1. The molecule has 0 bridgehead atoms. The molecule has 0 radical (unpaired) electrons. The normalized spacial score (nSPS) is 10.2. The van der Waals surface area contributed by atoms with Crippen molar-refractivity contribution in [3.63, 3.8) is 0 Å². The fourth-order valence-corrected chi connectivity index (χ4v) is 2.09. The molecule has 1 aromatic carbocycles. The lowest BCUT2D eigenvalue weighted by Crippen LogP contribution is -2.25. The second-order valence-corrected chi connectivity index (χ2v) is 5.20. The minimum absolute atomic E-state index is 0.0450. The fourth-order valence-electron chi connectivity index (χ4n) is 2.09. The van der Waals surface area contributed by atoms with Crippen molar-refractivity contribution >= 4 is 17.4 Å². The number of nitrogens with zero attached hydrogens (tertiary/aromatic N) is 2. The van der Waals surface area contributed by atoms with E-state index in [1.165, 1.54) is 24.4 Å². The molecule has 0 aliphatic heterocycles. The molecule has 0 atom stereocenters. The fraction of sp³-hybridized carbons (Fsp3) is 0.250. The molecule has 1 amide bonds. The van der Waals surface area contributed by atoms with Crippen molar-refractivity contribution in [3.05, 3.63) is 57.8 Å². The molecule has 1 heterocycles.